The first-order chi connectivity index (χ1) is 12.8. The van der Waals surface area contributed by atoms with Gasteiger partial charge in [-0.25, -0.2) is 9.67 Å². The summed E-state index contributed by atoms with van der Waals surface area (Å²) in [4.78, 5) is 22.2. The molecule has 5 rings (SSSR count). The molecule has 8 heteroatoms. The van der Waals surface area contributed by atoms with Gasteiger partial charge in [0.15, 0.2) is 0 Å². The minimum atomic E-state index is 0.132. The third kappa shape index (κ3) is 2.56. The van der Waals surface area contributed by atoms with Crippen LogP contribution in [0.5, 0.6) is 0 Å². The minimum absolute atomic E-state index is 0.132. The predicted octanol–water partition coefficient (Wildman–Crippen LogP) is 1.90. The van der Waals surface area contributed by atoms with Gasteiger partial charge in [-0.05, 0) is 31.7 Å². The van der Waals surface area contributed by atoms with Crippen molar-refractivity contribution in [2.75, 3.05) is 26.3 Å². The minimum Gasteiger partial charge on any atom is -0.378 e. The van der Waals surface area contributed by atoms with Gasteiger partial charge in [-0.1, -0.05) is 5.21 Å². The molecule has 3 aromatic heterocycles. The number of pyridine rings is 1. The Labute approximate surface area is 150 Å². The Hall–Kier alpha value is -2.48. The van der Waals surface area contributed by atoms with E-state index in [9.17, 15) is 4.79 Å². The molecule has 8 nitrogen and oxygen atoms in total. The van der Waals surface area contributed by atoms with Gasteiger partial charge in [-0.15, -0.1) is 5.10 Å². The van der Waals surface area contributed by atoms with Gasteiger partial charge < -0.3 is 14.6 Å². The monoisotopic (exact) mass is 354 g/mol. The number of carbonyl (C=O) groups excluding carboxylic acids is 1. The van der Waals surface area contributed by atoms with Crippen molar-refractivity contribution in [2.24, 2.45) is 5.92 Å². The third-order valence-corrected chi connectivity index (χ3v) is 5.73. The number of amides is 1. The number of nitrogens with zero attached hydrogens (tertiary/aromatic N) is 5. The average molecular weight is 354 g/mol. The summed E-state index contributed by atoms with van der Waals surface area (Å²) in [5.41, 5.74) is 2.72. The lowest BCUT2D eigenvalue weighted by molar-refractivity contribution is -0.140. The molecule has 2 aliphatic rings. The molecule has 0 radical (unpaired) electrons. The molecule has 4 heterocycles. The molecule has 1 N–H and O–H groups in total. The number of nitrogens with one attached hydrogen (secondary N) is 1. The van der Waals surface area contributed by atoms with Crippen LogP contribution in [0.2, 0.25) is 0 Å². The SMILES string of the molecule is O=C([C@H]1CC[C@H](n2nnc3cnc4[nH]ccc4c32)CC1)N1CCOCC1. The lowest BCUT2D eigenvalue weighted by Gasteiger charge is -2.34. The number of hydrogen-bond acceptors (Lipinski definition) is 5. The smallest absolute Gasteiger partial charge is 0.225 e. The van der Waals surface area contributed by atoms with Crippen LogP contribution in [-0.4, -0.2) is 62.1 Å². The zero-order valence-electron chi connectivity index (χ0n) is 14.6. The van der Waals surface area contributed by atoms with E-state index in [4.69, 9.17) is 4.74 Å². The van der Waals surface area contributed by atoms with E-state index < -0.39 is 0 Å². The highest BCUT2D eigenvalue weighted by molar-refractivity contribution is 6.00. The van der Waals surface area contributed by atoms with Gasteiger partial charge in [0.2, 0.25) is 5.91 Å². The normalized spacial score (nSPS) is 24.4. The van der Waals surface area contributed by atoms with Crippen LogP contribution in [0.4, 0.5) is 0 Å². The number of ether oxygens (including phenoxy) is 1. The maximum atomic E-state index is 12.7. The van der Waals surface area contributed by atoms with Crippen LogP contribution in [-0.2, 0) is 9.53 Å². The Morgan fingerprint density at radius 3 is 2.81 bits per heavy atom. The van der Waals surface area contributed by atoms with Crippen molar-refractivity contribution < 1.29 is 9.53 Å². The summed E-state index contributed by atoms with van der Waals surface area (Å²) < 4.78 is 7.40. The van der Waals surface area contributed by atoms with Gasteiger partial charge in [0.25, 0.3) is 0 Å². The first kappa shape index (κ1) is 15.7. The molecular weight excluding hydrogens is 332 g/mol. The highest BCUT2D eigenvalue weighted by Crippen LogP contribution is 2.35. The molecule has 0 atom stereocenters. The van der Waals surface area contributed by atoms with Gasteiger partial charge >= 0.3 is 0 Å². The van der Waals surface area contributed by atoms with Crippen LogP contribution in [0.1, 0.15) is 31.7 Å². The second-order valence-electron chi connectivity index (χ2n) is 7.21. The largest absolute Gasteiger partial charge is 0.378 e. The van der Waals surface area contributed by atoms with Gasteiger partial charge in [0.1, 0.15) is 16.7 Å². The van der Waals surface area contributed by atoms with Crippen molar-refractivity contribution in [1.29, 1.82) is 0 Å². The Morgan fingerprint density at radius 2 is 2.00 bits per heavy atom. The van der Waals surface area contributed by atoms with Crippen molar-refractivity contribution in [1.82, 2.24) is 29.9 Å². The number of H-pyrrole nitrogens is 1. The van der Waals surface area contributed by atoms with E-state index in [0.717, 1.165) is 60.8 Å². The highest BCUT2D eigenvalue weighted by atomic mass is 16.5. The second-order valence-corrected chi connectivity index (χ2v) is 7.21. The molecule has 0 spiro atoms. The first-order valence-electron chi connectivity index (χ1n) is 9.35. The van der Waals surface area contributed by atoms with E-state index in [0.29, 0.717) is 19.1 Å². The van der Waals surface area contributed by atoms with Crippen molar-refractivity contribution >= 4 is 28.0 Å². The average Bonchev–Trinajstić information content (AvgIpc) is 3.34. The van der Waals surface area contributed by atoms with E-state index in [1.807, 2.05) is 21.8 Å². The Bertz CT molecular complexity index is 934. The van der Waals surface area contributed by atoms with Crippen molar-refractivity contribution in [3.8, 4) is 0 Å². The Morgan fingerprint density at radius 1 is 1.19 bits per heavy atom. The topological polar surface area (TPSA) is 88.9 Å². The molecule has 1 saturated carbocycles. The Kier molecular flexibility index (Phi) is 3.85. The van der Waals surface area contributed by atoms with E-state index in [-0.39, 0.29) is 12.0 Å². The molecule has 0 bridgehead atoms. The first-order valence-corrected chi connectivity index (χ1v) is 9.35. The summed E-state index contributed by atoms with van der Waals surface area (Å²) in [6, 6.07) is 2.31. The fourth-order valence-corrected chi connectivity index (χ4v) is 4.30. The summed E-state index contributed by atoms with van der Waals surface area (Å²) in [6.07, 6.45) is 7.38. The van der Waals surface area contributed by atoms with Crippen LogP contribution in [0, 0.1) is 5.92 Å². The van der Waals surface area contributed by atoms with Crippen molar-refractivity contribution in [2.45, 2.75) is 31.7 Å². The number of morpholine rings is 1. The summed E-state index contributed by atoms with van der Waals surface area (Å²) in [5.74, 6) is 0.431. The number of fused-ring (bicyclic) bond motifs is 3. The summed E-state index contributed by atoms with van der Waals surface area (Å²) >= 11 is 0. The fourth-order valence-electron chi connectivity index (χ4n) is 4.30. The number of aromatic amines is 1. The third-order valence-electron chi connectivity index (χ3n) is 5.73. The van der Waals surface area contributed by atoms with Gasteiger partial charge in [-0.3, -0.25) is 4.79 Å². The van der Waals surface area contributed by atoms with Crippen LogP contribution in [0.3, 0.4) is 0 Å². The van der Waals surface area contributed by atoms with Crippen molar-refractivity contribution in [3.63, 3.8) is 0 Å². The lowest BCUT2D eigenvalue weighted by Crippen LogP contribution is -2.44. The summed E-state index contributed by atoms with van der Waals surface area (Å²) in [6.45, 7) is 2.77. The van der Waals surface area contributed by atoms with E-state index >= 15 is 0 Å². The zero-order chi connectivity index (χ0) is 17.5. The number of hydrogen-bond donors (Lipinski definition) is 1. The lowest BCUT2D eigenvalue weighted by atomic mass is 9.85. The van der Waals surface area contributed by atoms with Crippen molar-refractivity contribution in [3.05, 3.63) is 18.5 Å². The highest BCUT2D eigenvalue weighted by Gasteiger charge is 2.32. The maximum absolute atomic E-state index is 12.7. The number of rotatable bonds is 2. The molecule has 3 aromatic rings. The summed E-state index contributed by atoms with van der Waals surface area (Å²) in [5, 5.41) is 9.76. The van der Waals surface area contributed by atoms with Crippen LogP contribution in [0.25, 0.3) is 22.1 Å². The molecule has 1 amide bonds. The van der Waals surface area contributed by atoms with E-state index in [2.05, 4.69) is 20.3 Å². The standard InChI is InChI=1S/C18H22N6O2/c25-18(23-7-9-26-10-8-23)12-1-3-13(4-2-12)24-16-14-5-6-19-17(14)20-11-15(16)21-22-24/h5-6,11-13H,1-4,7-10H2,(H,19,20)/t12-,13-. The predicted molar refractivity (Wildman–Crippen MR) is 95.6 cm³/mol. The molecule has 26 heavy (non-hydrogen) atoms. The second kappa shape index (κ2) is 6.35. The van der Waals surface area contributed by atoms with Crippen LogP contribution >= 0.6 is 0 Å². The molecule has 1 saturated heterocycles. The van der Waals surface area contributed by atoms with E-state index in [1.54, 1.807) is 6.20 Å². The number of carbonyl (C=O) groups is 1. The van der Waals surface area contributed by atoms with Crippen LogP contribution in [0.15, 0.2) is 18.5 Å². The molecular formula is C18H22N6O2. The maximum Gasteiger partial charge on any atom is 0.225 e. The molecule has 2 fully saturated rings. The van der Waals surface area contributed by atoms with E-state index in [1.165, 1.54) is 0 Å². The molecule has 1 aliphatic heterocycles. The van der Waals surface area contributed by atoms with Gasteiger partial charge in [0.05, 0.1) is 25.5 Å². The van der Waals surface area contributed by atoms with Crippen LogP contribution < -0.4 is 0 Å². The molecule has 0 aromatic carbocycles. The Balaban J connectivity index is 1.35. The zero-order valence-corrected chi connectivity index (χ0v) is 14.6. The summed E-state index contributed by atoms with van der Waals surface area (Å²) in [7, 11) is 0. The van der Waals surface area contributed by atoms with Gasteiger partial charge in [-0.2, -0.15) is 0 Å². The quantitative estimate of drug-likeness (QED) is 0.759. The van der Waals surface area contributed by atoms with Gasteiger partial charge in [0, 0.05) is 30.6 Å². The fraction of sp³-hybridized carbons (Fsp3) is 0.556. The number of aromatic nitrogens is 5. The molecule has 1 aliphatic carbocycles. The molecule has 0 unspecified atom stereocenters. The molecule has 136 valence electrons.